The minimum absolute atomic E-state index is 0.0460. The molecule has 5 heteroatoms. The van der Waals surface area contributed by atoms with Gasteiger partial charge in [-0.05, 0) is 60.2 Å². The third-order valence-corrected chi connectivity index (χ3v) is 9.17. The van der Waals surface area contributed by atoms with E-state index in [-0.39, 0.29) is 17.2 Å². The smallest absolute Gasteiger partial charge is 0.229 e. The first-order valence-electron chi connectivity index (χ1n) is 10.5. The van der Waals surface area contributed by atoms with Crippen LogP contribution in [0.25, 0.3) is 10.9 Å². The Kier molecular flexibility index (Phi) is 4.29. The summed E-state index contributed by atoms with van der Waals surface area (Å²) in [5.41, 5.74) is 1.62. The molecule has 4 unspecified atom stereocenters. The lowest BCUT2D eigenvalue weighted by Gasteiger charge is -2.37. The van der Waals surface area contributed by atoms with E-state index in [4.69, 9.17) is 0 Å². The molecule has 0 saturated heterocycles. The molecule has 1 amide bonds. The molecular weight excluding hydrogens is 408 g/mol. The highest BCUT2D eigenvalue weighted by Crippen LogP contribution is 2.65. The standard InChI is InChI=1S/C25H22N2OS2/c28-24(27-18-7-1-5-16-6-2-12-26-23(16)18)22-21(19-8-3-13-29-19)17-10-11-25(22,15-17)20-9-4-14-30-20/h1-9,12-14,17,21-22H,10-11,15H2,(H,27,28). The summed E-state index contributed by atoms with van der Waals surface area (Å²) in [5.74, 6) is 0.964. The number of carbonyl (C=O) groups is 1. The van der Waals surface area contributed by atoms with Crippen molar-refractivity contribution in [2.45, 2.75) is 30.6 Å². The Morgan fingerprint density at radius 3 is 2.73 bits per heavy atom. The van der Waals surface area contributed by atoms with Crippen LogP contribution in [0.2, 0.25) is 0 Å². The fourth-order valence-corrected chi connectivity index (χ4v) is 7.93. The minimum atomic E-state index is -0.0486. The average Bonchev–Trinajstić information content (AvgIpc) is 3.57. The highest BCUT2D eigenvalue weighted by molar-refractivity contribution is 7.10. The van der Waals surface area contributed by atoms with E-state index in [1.807, 2.05) is 41.7 Å². The number of benzene rings is 1. The maximum Gasteiger partial charge on any atom is 0.229 e. The largest absolute Gasteiger partial charge is 0.324 e. The lowest BCUT2D eigenvalue weighted by Crippen LogP contribution is -2.41. The van der Waals surface area contributed by atoms with Crippen LogP contribution in [0.4, 0.5) is 5.69 Å². The third kappa shape index (κ3) is 2.69. The van der Waals surface area contributed by atoms with E-state index in [2.05, 4.69) is 45.3 Å². The number of thiophene rings is 2. The van der Waals surface area contributed by atoms with E-state index in [1.54, 1.807) is 17.5 Å². The normalized spacial score (nSPS) is 27.5. The fourth-order valence-electron chi connectivity index (χ4n) is 5.97. The Labute approximate surface area is 183 Å². The first-order valence-corrected chi connectivity index (χ1v) is 12.2. The first kappa shape index (κ1) is 18.3. The van der Waals surface area contributed by atoms with Gasteiger partial charge in [0.2, 0.25) is 5.91 Å². The van der Waals surface area contributed by atoms with Crippen LogP contribution >= 0.6 is 22.7 Å². The zero-order chi connectivity index (χ0) is 20.1. The number of hydrogen-bond acceptors (Lipinski definition) is 4. The summed E-state index contributed by atoms with van der Waals surface area (Å²) in [6, 6.07) is 18.7. The molecule has 0 radical (unpaired) electrons. The van der Waals surface area contributed by atoms with Crippen molar-refractivity contribution >= 4 is 45.2 Å². The lowest BCUT2D eigenvalue weighted by atomic mass is 9.68. The van der Waals surface area contributed by atoms with Crippen LogP contribution in [0, 0.1) is 11.8 Å². The van der Waals surface area contributed by atoms with Gasteiger partial charge in [-0.2, -0.15) is 0 Å². The van der Waals surface area contributed by atoms with Crippen LogP contribution in [0.1, 0.15) is 34.9 Å². The number of fused-ring (bicyclic) bond motifs is 3. The van der Waals surface area contributed by atoms with Crippen molar-refractivity contribution in [3.05, 3.63) is 81.3 Å². The molecule has 1 N–H and O–H groups in total. The van der Waals surface area contributed by atoms with Crippen LogP contribution < -0.4 is 5.32 Å². The van der Waals surface area contributed by atoms with Gasteiger partial charge in [-0.3, -0.25) is 9.78 Å². The molecule has 4 atom stereocenters. The Balaban J connectivity index is 1.43. The summed E-state index contributed by atoms with van der Waals surface area (Å²) >= 11 is 3.61. The SMILES string of the molecule is O=C(Nc1cccc2cccnc12)C1C(c2cccs2)C2CCC1(c1cccs1)C2. The maximum absolute atomic E-state index is 13.9. The van der Waals surface area contributed by atoms with Crippen molar-refractivity contribution in [2.75, 3.05) is 5.32 Å². The molecule has 0 aliphatic heterocycles. The van der Waals surface area contributed by atoms with Crippen LogP contribution in [-0.2, 0) is 10.2 Å². The first-order chi connectivity index (χ1) is 14.8. The van der Waals surface area contributed by atoms with Crippen LogP contribution in [-0.4, -0.2) is 10.9 Å². The van der Waals surface area contributed by atoms with Gasteiger partial charge in [0.05, 0.1) is 17.1 Å². The Morgan fingerprint density at radius 1 is 1.03 bits per heavy atom. The number of amides is 1. The molecule has 150 valence electrons. The zero-order valence-electron chi connectivity index (χ0n) is 16.5. The van der Waals surface area contributed by atoms with E-state index < -0.39 is 0 Å². The molecule has 4 aromatic rings. The van der Waals surface area contributed by atoms with Gasteiger partial charge in [0.1, 0.15) is 0 Å². The molecule has 2 bridgehead atoms. The number of nitrogens with zero attached hydrogens (tertiary/aromatic N) is 1. The van der Waals surface area contributed by atoms with Gasteiger partial charge in [0.25, 0.3) is 0 Å². The zero-order valence-corrected chi connectivity index (χ0v) is 18.1. The van der Waals surface area contributed by atoms with Gasteiger partial charge in [-0.15, -0.1) is 22.7 Å². The van der Waals surface area contributed by atoms with Gasteiger partial charge in [-0.25, -0.2) is 0 Å². The maximum atomic E-state index is 13.9. The van der Waals surface area contributed by atoms with Crippen molar-refractivity contribution in [3.8, 4) is 0 Å². The molecule has 2 aliphatic rings. The monoisotopic (exact) mass is 430 g/mol. The molecule has 30 heavy (non-hydrogen) atoms. The number of para-hydroxylation sites is 1. The fraction of sp³-hybridized carbons (Fsp3) is 0.280. The molecular formula is C25H22N2OS2. The molecule has 0 spiro atoms. The molecule has 3 heterocycles. The van der Waals surface area contributed by atoms with Gasteiger partial charge in [-0.1, -0.05) is 30.3 Å². The van der Waals surface area contributed by atoms with Gasteiger partial charge >= 0.3 is 0 Å². The minimum Gasteiger partial charge on any atom is -0.324 e. The van der Waals surface area contributed by atoms with E-state index in [9.17, 15) is 4.79 Å². The van der Waals surface area contributed by atoms with Crippen molar-refractivity contribution in [3.63, 3.8) is 0 Å². The summed E-state index contributed by atoms with van der Waals surface area (Å²) in [4.78, 5) is 21.2. The summed E-state index contributed by atoms with van der Waals surface area (Å²) in [6.07, 6.45) is 5.21. The van der Waals surface area contributed by atoms with Gasteiger partial charge in [0, 0.05) is 32.7 Å². The lowest BCUT2D eigenvalue weighted by molar-refractivity contribution is -0.122. The second kappa shape index (κ2) is 7.03. The Bertz CT molecular complexity index is 1200. The highest BCUT2D eigenvalue weighted by Gasteiger charge is 2.62. The Morgan fingerprint density at radius 2 is 1.90 bits per heavy atom. The van der Waals surface area contributed by atoms with E-state index in [0.717, 1.165) is 29.4 Å². The number of carbonyl (C=O) groups excluding carboxylic acids is 1. The van der Waals surface area contributed by atoms with Gasteiger partial charge in [0.15, 0.2) is 0 Å². The molecule has 2 saturated carbocycles. The molecule has 6 rings (SSSR count). The second-order valence-electron chi connectivity index (χ2n) is 8.53. The van der Waals surface area contributed by atoms with E-state index >= 15 is 0 Å². The molecule has 2 aliphatic carbocycles. The molecule has 3 nitrogen and oxygen atoms in total. The highest BCUT2D eigenvalue weighted by atomic mass is 32.1. The molecule has 1 aromatic carbocycles. The topological polar surface area (TPSA) is 42.0 Å². The van der Waals surface area contributed by atoms with Crippen molar-refractivity contribution < 1.29 is 4.79 Å². The van der Waals surface area contributed by atoms with Crippen molar-refractivity contribution in [2.24, 2.45) is 11.8 Å². The second-order valence-corrected chi connectivity index (χ2v) is 10.5. The molecule has 2 fully saturated rings. The number of rotatable bonds is 4. The number of anilines is 1. The van der Waals surface area contributed by atoms with E-state index in [0.29, 0.717) is 11.8 Å². The van der Waals surface area contributed by atoms with E-state index in [1.165, 1.54) is 16.2 Å². The average molecular weight is 431 g/mol. The molecule has 3 aromatic heterocycles. The summed E-state index contributed by atoms with van der Waals surface area (Å²) in [6.45, 7) is 0. The quantitative estimate of drug-likeness (QED) is 0.404. The number of pyridine rings is 1. The predicted molar refractivity (Wildman–Crippen MR) is 124 cm³/mol. The van der Waals surface area contributed by atoms with Crippen LogP contribution in [0.3, 0.4) is 0 Å². The third-order valence-electron chi connectivity index (χ3n) is 7.11. The summed E-state index contributed by atoms with van der Waals surface area (Å²) < 4.78 is 0. The van der Waals surface area contributed by atoms with Crippen LogP contribution in [0.5, 0.6) is 0 Å². The van der Waals surface area contributed by atoms with Crippen molar-refractivity contribution in [1.82, 2.24) is 4.98 Å². The Hall–Kier alpha value is -2.50. The summed E-state index contributed by atoms with van der Waals surface area (Å²) in [5, 5.41) is 8.64. The van der Waals surface area contributed by atoms with Crippen molar-refractivity contribution in [1.29, 1.82) is 0 Å². The number of hydrogen-bond donors (Lipinski definition) is 1. The number of aromatic nitrogens is 1. The predicted octanol–water partition coefficient (Wildman–Crippen LogP) is 6.45. The number of nitrogens with one attached hydrogen (secondary N) is 1. The summed E-state index contributed by atoms with van der Waals surface area (Å²) in [7, 11) is 0. The van der Waals surface area contributed by atoms with Crippen LogP contribution in [0.15, 0.2) is 71.6 Å². The van der Waals surface area contributed by atoms with Gasteiger partial charge < -0.3 is 5.32 Å².